The Hall–Kier alpha value is 0.130. The van der Waals surface area contributed by atoms with E-state index in [1.54, 1.807) is 0 Å². The summed E-state index contributed by atoms with van der Waals surface area (Å²) in [6, 6.07) is 4.10. The van der Waals surface area contributed by atoms with Crippen molar-refractivity contribution in [3.05, 3.63) is 25.6 Å². The van der Waals surface area contributed by atoms with E-state index in [9.17, 15) is 0 Å². The number of nitrogens with one attached hydrogen (secondary N) is 1. The first-order chi connectivity index (χ1) is 6.68. The highest BCUT2D eigenvalue weighted by Gasteiger charge is 2.18. The Balaban J connectivity index is 2.52. The number of rotatable bonds is 1. The second kappa shape index (κ2) is 4.33. The summed E-state index contributed by atoms with van der Waals surface area (Å²) >= 11 is 10.6. The Morgan fingerprint density at radius 1 is 1.14 bits per heavy atom. The van der Waals surface area contributed by atoms with Crippen LogP contribution in [0.4, 0.5) is 5.69 Å². The van der Waals surface area contributed by atoms with Crippen molar-refractivity contribution in [1.29, 1.82) is 0 Å². The maximum atomic E-state index is 3.56. The molecule has 1 aromatic rings. The van der Waals surface area contributed by atoms with Gasteiger partial charge in [-0.15, -0.1) is 0 Å². The van der Waals surface area contributed by atoms with Crippen LogP contribution in [0.2, 0.25) is 0 Å². The van der Waals surface area contributed by atoms with Crippen molar-refractivity contribution in [3.8, 4) is 0 Å². The molecule has 14 heavy (non-hydrogen) atoms. The first-order valence-corrected chi connectivity index (χ1v) is 6.54. The van der Waals surface area contributed by atoms with Gasteiger partial charge in [0.05, 0.1) is 8.95 Å². The lowest BCUT2D eigenvalue weighted by molar-refractivity contribution is -0.425. The van der Waals surface area contributed by atoms with Crippen LogP contribution in [0.5, 0.6) is 0 Å². The molecule has 0 spiro atoms. The van der Waals surface area contributed by atoms with Crippen LogP contribution in [0.1, 0.15) is 0 Å². The summed E-state index contributed by atoms with van der Waals surface area (Å²) in [5.41, 5.74) is 1.17. The molecular weight excluding hydrogens is 376 g/mol. The van der Waals surface area contributed by atoms with Crippen LogP contribution in [0, 0.1) is 0 Å². The van der Waals surface area contributed by atoms with Crippen LogP contribution in [0.3, 0.4) is 0 Å². The standard InChI is InChI=1S/C9H7Br3N2/c10-6-3-7(11)9(8(12)4-6)14-2-1-13-5-14/h3-5H,1-2H2/p+1. The average molecular weight is 384 g/mol. The molecule has 1 aromatic carbocycles. The lowest BCUT2D eigenvalue weighted by Gasteiger charge is -2.06. The molecule has 1 heterocycles. The molecule has 0 radical (unpaired) electrons. The molecule has 0 bridgehead atoms. The number of halogens is 3. The lowest BCUT2D eigenvalue weighted by Crippen LogP contribution is -2.05. The SMILES string of the molecule is Brc1cc(Br)c([N+]2=CNCC2)c(Br)c1. The fourth-order valence-corrected chi connectivity index (χ4v) is 4.12. The van der Waals surface area contributed by atoms with Crippen molar-refractivity contribution in [2.45, 2.75) is 0 Å². The largest absolute Gasteiger partial charge is 0.277 e. The van der Waals surface area contributed by atoms with E-state index in [0.29, 0.717) is 0 Å². The molecular formula is C9H8Br3N2+. The lowest BCUT2D eigenvalue weighted by atomic mass is 10.3. The van der Waals surface area contributed by atoms with Crippen molar-refractivity contribution < 1.29 is 4.58 Å². The molecule has 5 heteroatoms. The smallest absolute Gasteiger partial charge is 0.237 e. The summed E-state index contributed by atoms with van der Waals surface area (Å²) in [4.78, 5) is 0. The zero-order valence-corrected chi connectivity index (χ0v) is 12.0. The molecule has 74 valence electrons. The molecule has 0 saturated carbocycles. The molecule has 0 fully saturated rings. The minimum absolute atomic E-state index is 0.995. The van der Waals surface area contributed by atoms with E-state index < -0.39 is 0 Å². The van der Waals surface area contributed by atoms with Crippen molar-refractivity contribution in [2.75, 3.05) is 13.1 Å². The first kappa shape index (κ1) is 10.6. The Labute approximate surface area is 108 Å². The van der Waals surface area contributed by atoms with Gasteiger partial charge in [-0.1, -0.05) is 15.9 Å². The Kier molecular flexibility index (Phi) is 3.29. The topological polar surface area (TPSA) is 15.0 Å². The van der Waals surface area contributed by atoms with Gasteiger partial charge in [-0.25, -0.2) is 4.58 Å². The van der Waals surface area contributed by atoms with Gasteiger partial charge in [0.25, 0.3) is 0 Å². The highest BCUT2D eigenvalue weighted by molar-refractivity contribution is 9.11. The third-order valence-electron chi connectivity index (χ3n) is 2.01. The van der Waals surface area contributed by atoms with E-state index in [2.05, 4.69) is 57.7 Å². The molecule has 0 unspecified atom stereocenters. The quantitative estimate of drug-likeness (QED) is 0.736. The fraction of sp³-hybridized carbons (Fsp3) is 0.222. The monoisotopic (exact) mass is 381 g/mol. The summed E-state index contributed by atoms with van der Waals surface area (Å²) in [5, 5.41) is 3.19. The zero-order valence-electron chi connectivity index (χ0n) is 7.23. The van der Waals surface area contributed by atoms with E-state index >= 15 is 0 Å². The highest BCUT2D eigenvalue weighted by atomic mass is 79.9. The summed E-state index contributed by atoms with van der Waals surface area (Å²) in [5.74, 6) is 0. The molecule has 0 amide bonds. The van der Waals surface area contributed by atoms with Crippen molar-refractivity contribution in [2.24, 2.45) is 0 Å². The molecule has 2 rings (SSSR count). The normalized spacial score (nSPS) is 15.2. The molecule has 0 aliphatic carbocycles. The Morgan fingerprint density at radius 3 is 2.29 bits per heavy atom. The Bertz CT molecular complexity index is 378. The molecule has 1 N–H and O–H groups in total. The minimum atomic E-state index is 0.995. The van der Waals surface area contributed by atoms with E-state index in [4.69, 9.17) is 0 Å². The summed E-state index contributed by atoms with van der Waals surface area (Å²) in [7, 11) is 0. The van der Waals surface area contributed by atoms with Gasteiger partial charge in [0.15, 0.2) is 5.69 Å². The number of nitrogens with zero attached hydrogens (tertiary/aromatic N) is 1. The third kappa shape index (κ3) is 2.04. The van der Waals surface area contributed by atoms with Crippen molar-refractivity contribution in [1.82, 2.24) is 5.32 Å². The summed E-state index contributed by atoms with van der Waals surface area (Å²) < 4.78 is 5.41. The van der Waals surface area contributed by atoms with E-state index in [-0.39, 0.29) is 0 Å². The maximum absolute atomic E-state index is 3.56. The van der Waals surface area contributed by atoms with Gasteiger partial charge in [0.1, 0.15) is 13.1 Å². The van der Waals surface area contributed by atoms with E-state index in [1.807, 2.05) is 18.5 Å². The number of hydrogen-bond acceptors (Lipinski definition) is 1. The minimum Gasteiger partial charge on any atom is -0.277 e. The first-order valence-electron chi connectivity index (χ1n) is 4.16. The second-order valence-corrected chi connectivity index (χ2v) is 5.62. The van der Waals surface area contributed by atoms with Crippen LogP contribution < -0.4 is 5.32 Å². The zero-order chi connectivity index (χ0) is 10.1. The van der Waals surface area contributed by atoms with Crippen LogP contribution in [-0.4, -0.2) is 24.0 Å². The van der Waals surface area contributed by atoms with Crippen molar-refractivity contribution >= 4 is 59.8 Å². The number of hydrogen-bond donors (Lipinski definition) is 1. The van der Waals surface area contributed by atoms with Crippen LogP contribution in [0.15, 0.2) is 25.6 Å². The maximum Gasteiger partial charge on any atom is 0.237 e. The number of benzene rings is 1. The molecule has 0 atom stereocenters. The second-order valence-electron chi connectivity index (χ2n) is 2.99. The molecule has 1 aliphatic heterocycles. The van der Waals surface area contributed by atoms with Crippen LogP contribution in [0.25, 0.3) is 0 Å². The Morgan fingerprint density at radius 2 is 1.79 bits per heavy atom. The predicted octanol–water partition coefficient (Wildman–Crippen LogP) is 3.25. The van der Waals surface area contributed by atoms with Gasteiger partial charge in [0.2, 0.25) is 6.34 Å². The van der Waals surface area contributed by atoms with Crippen LogP contribution in [-0.2, 0) is 0 Å². The van der Waals surface area contributed by atoms with Gasteiger partial charge < -0.3 is 0 Å². The highest BCUT2D eigenvalue weighted by Crippen LogP contribution is 2.36. The summed E-state index contributed by atoms with van der Waals surface area (Å²) in [6.07, 6.45) is 2.00. The van der Waals surface area contributed by atoms with E-state index in [1.165, 1.54) is 5.69 Å². The van der Waals surface area contributed by atoms with Gasteiger partial charge in [0, 0.05) is 4.47 Å². The van der Waals surface area contributed by atoms with E-state index in [0.717, 1.165) is 26.5 Å². The molecule has 2 nitrogen and oxygen atoms in total. The molecule has 0 aromatic heterocycles. The van der Waals surface area contributed by atoms with Gasteiger partial charge in [-0.2, -0.15) is 0 Å². The predicted molar refractivity (Wildman–Crippen MR) is 68.4 cm³/mol. The third-order valence-corrected chi connectivity index (χ3v) is 3.68. The van der Waals surface area contributed by atoms with Gasteiger partial charge in [-0.05, 0) is 44.0 Å². The summed E-state index contributed by atoms with van der Waals surface area (Å²) in [6.45, 7) is 1.99. The van der Waals surface area contributed by atoms with Crippen molar-refractivity contribution in [3.63, 3.8) is 0 Å². The molecule has 0 saturated heterocycles. The molecule has 1 aliphatic rings. The van der Waals surface area contributed by atoms with Gasteiger partial charge in [-0.3, -0.25) is 5.32 Å². The average Bonchev–Trinajstić information content (AvgIpc) is 2.54. The van der Waals surface area contributed by atoms with Gasteiger partial charge >= 0.3 is 0 Å². The fourth-order valence-electron chi connectivity index (χ4n) is 1.41. The van der Waals surface area contributed by atoms with Crippen LogP contribution >= 0.6 is 47.8 Å².